The minimum Gasteiger partial charge on any atom is -0.504 e. The summed E-state index contributed by atoms with van der Waals surface area (Å²) < 4.78 is 38.1. The first-order valence-electron chi connectivity index (χ1n) is 7.11. The summed E-state index contributed by atoms with van der Waals surface area (Å²) in [6, 6.07) is 3.40. The van der Waals surface area contributed by atoms with E-state index in [2.05, 4.69) is 5.10 Å². The Kier molecular flexibility index (Phi) is 5.51. The fourth-order valence-corrected chi connectivity index (χ4v) is 2.10. The molecule has 0 amide bonds. The Hall–Kier alpha value is -2.90. The van der Waals surface area contributed by atoms with Gasteiger partial charge >= 0.3 is 5.97 Å². The topological polar surface area (TPSA) is 73.3 Å². The zero-order valence-corrected chi connectivity index (χ0v) is 13.1. The van der Waals surface area contributed by atoms with Crippen LogP contribution in [0.1, 0.15) is 28.5 Å². The molecule has 0 bridgehead atoms. The van der Waals surface area contributed by atoms with Crippen LogP contribution in [-0.4, -0.2) is 29.5 Å². The Balaban J connectivity index is 2.50. The van der Waals surface area contributed by atoms with E-state index in [4.69, 9.17) is 9.47 Å². The number of aromatic nitrogens is 2. The van der Waals surface area contributed by atoms with Gasteiger partial charge in [0, 0.05) is 5.56 Å². The van der Waals surface area contributed by atoms with Crippen molar-refractivity contribution in [2.75, 3.05) is 13.7 Å². The standard InChI is InChI=1S/C16H16F2N2O4/c1-3-24-16(22)14-10(7-8-23-2)15(21)20(19-14)9-11-12(17)5-4-6-13(11)18/h4-8,19H,3,9H2,1-2H3/b8-7+. The average Bonchev–Trinajstić information content (AvgIpc) is 2.85. The van der Waals surface area contributed by atoms with Crippen LogP contribution in [0.4, 0.5) is 8.78 Å². The Bertz CT molecular complexity index is 804. The van der Waals surface area contributed by atoms with Crippen molar-refractivity contribution in [1.82, 2.24) is 9.78 Å². The lowest BCUT2D eigenvalue weighted by Gasteiger charge is -2.05. The zero-order valence-electron chi connectivity index (χ0n) is 13.1. The fourth-order valence-electron chi connectivity index (χ4n) is 2.10. The number of aromatic amines is 1. The predicted molar refractivity (Wildman–Crippen MR) is 82.5 cm³/mol. The predicted octanol–water partition coefficient (Wildman–Crippen LogP) is 2.30. The molecule has 1 N–H and O–H groups in total. The molecule has 128 valence electrons. The lowest BCUT2D eigenvalue weighted by Crippen LogP contribution is -2.20. The van der Waals surface area contributed by atoms with Gasteiger partial charge in [-0.3, -0.25) is 9.89 Å². The van der Waals surface area contributed by atoms with Gasteiger partial charge in [0.25, 0.3) is 5.56 Å². The number of hydrogen-bond donors (Lipinski definition) is 1. The maximum Gasteiger partial charge on any atom is 0.357 e. The molecule has 2 aromatic rings. The molecule has 0 fully saturated rings. The van der Waals surface area contributed by atoms with Crippen molar-refractivity contribution in [1.29, 1.82) is 0 Å². The smallest absolute Gasteiger partial charge is 0.357 e. The quantitative estimate of drug-likeness (QED) is 0.648. The number of carbonyl (C=O) groups is 1. The van der Waals surface area contributed by atoms with E-state index in [0.717, 1.165) is 16.8 Å². The largest absolute Gasteiger partial charge is 0.504 e. The number of nitrogens with one attached hydrogen (secondary N) is 1. The molecule has 1 aromatic carbocycles. The SMILES string of the molecule is CCOC(=O)c1[nH]n(Cc2c(F)cccc2F)c(=O)c1/C=C/OC. The molecule has 0 radical (unpaired) electrons. The van der Waals surface area contributed by atoms with Crippen LogP contribution in [-0.2, 0) is 16.0 Å². The summed E-state index contributed by atoms with van der Waals surface area (Å²) >= 11 is 0. The molecule has 8 heteroatoms. The highest BCUT2D eigenvalue weighted by Gasteiger charge is 2.21. The Morgan fingerprint density at radius 1 is 1.33 bits per heavy atom. The van der Waals surface area contributed by atoms with Gasteiger partial charge in [-0.25, -0.2) is 18.3 Å². The molecule has 0 unspecified atom stereocenters. The summed E-state index contributed by atoms with van der Waals surface area (Å²) in [6.07, 6.45) is 2.49. The summed E-state index contributed by atoms with van der Waals surface area (Å²) in [4.78, 5) is 24.4. The van der Waals surface area contributed by atoms with Crippen LogP contribution in [0.25, 0.3) is 6.08 Å². The van der Waals surface area contributed by atoms with Gasteiger partial charge in [0.2, 0.25) is 0 Å². The first-order chi connectivity index (χ1) is 11.5. The van der Waals surface area contributed by atoms with Crippen LogP contribution in [0.2, 0.25) is 0 Å². The number of nitrogens with zero attached hydrogens (tertiary/aromatic N) is 1. The minimum absolute atomic E-state index is 0.0213. The first-order valence-corrected chi connectivity index (χ1v) is 7.11. The normalized spacial score (nSPS) is 11.0. The van der Waals surface area contributed by atoms with Crippen molar-refractivity contribution in [3.05, 3.63) is 63.3 Å². The van der Waals surface area contributed by atoms with E-state index in [-0.39, 0.29) is 23.4 Å². The number of ether oxygens (including phenoxy) is 2. The second-order valence-electron chi connectivity index (χ2n) is 4.75. The molecule has 0 spiro atoms. The molecule has 0 saturated heterocycles. The van der Waals surface area contributed by atoms with E-state index in [0.29, 0.717) is 0 Å². The van der Waals surface area contributed by atoms with Crippen LogP contribution in [0.3, 0.4) is 0 Å². The Morgan fingerprint density at radius 2 is 2.00 bits per heavy atom. The Morgan fingerprint density at radius 3 is 2.58 bits per heavy atom. The molecule has 1 heterocycles. The molecule has 0 aliphatic rings. The maximum absolute atomic E-state index is 13.8. The summed E-state index contributed by atoms with van der Waals surface area (Å²) in [5.41, 5.74) is -1.06. The number of carbonyl (C=O) groups excluding carboxylic acids is 1. The van der Waals surface area contributed by atoms with Crippen molar-refractivity contribution in [3.8, 4) is 0 Å². The number of hydrogen-bond acceptors (Lipinski definition) is 4. The summed E-state index contributed by atoms with van der Waals surface area (Å²) in [6.45, 7) is 1.33. The number of methoxy groups -OCH3 is 1. The maximum atomic E-state index is 13.8. The number of halogens is 2. The van der Waals surface area contributed by atoms with Crippen LogP contribution in [0.15, 0.2) is 29.3 Å². The summed E-state index contributed by atoms with van der Waals surface area (Å²) in [5, 5.41) is 2.54. The van der Waals surface area contributed by atoms with Crippen LogP contribution in [0, 0.1) is 11.6 Å². The zero-order chi connectivity index (χ0) is 17.7. The number of esters is 1. The third-order valence-corrected chi connectivity index (χ3v) is 3.22. The number of H-pyrrole nitrogens is 1. The third kappa shape index (κ3) is 3.53. The van der Waals surface area contributed by atoms with E-state index in [1.54, 1.807) is 6.92 Å². The van der Waals surface area contributed by atoms with Crippen molar-refractivity contribution < 1.29 is 23.0 Å². The van der Waals surface area contributed by atoms with E-state index >= 15 is 0 Å². The van der Waals surface area contributed by atoms with Crippen molar-refractivity contribution in [2.24, 2.45) is 0 Å². The van der Waals surface area contributed by atoms with Gasteiger partial charge in [0.05, 0.1) is 32.1 Å². The van der Waals surface area contributed by atoms with Gasteiger partial charge in [-0.15, -0.1) is 0 Å². The van der Waals surface area contributed by atoms with Crippen molar-refractivity contribution >= 4 is 12.0 Å². The first kappa shape index (κ1) is 17.5. The molecule has 0 saturated carbocycles. The number of benzene rings is 1. The molecule has 6 nitrogen and oxygen atoms in total. The van der Waals surface area contributed by atoms with Gasteiger partial charge in [0.15, 0.2) is 5.69 Å². The van der Waals surface area contributed by atoms with Crippen molar-refractivity contribution in [2.45, 2.75) is 13.5 Å². The summed E-state index contributed by atoms with van der Waals surface area (Å²) in [7, 11) is 1.38. The highest BCUT2D eigenvalue weighted by molar-refractivity contribution is 5.91. The second-order valence-corrected chi connectivity index (χ2v) is 4.75. The lowest BCUT2D eigenvalue weighted by atomic mass is 10.2. The monoisotopic (exact) mass is 338 g/mol. The van der Waals surface area contributed by atoms with Crippen LogP contribution in [0.5, 0.6) is 0 Å². The highest BCUT2D eigenvalue weighted by atomic mass is 19.1. The van der Waals surface area contributed by atoms with Crippen molar-refractivity contribution in [3.63, 3.8) is 0 Å². The average molecular weight is 338 g/mol. The fraction of sp³-hybridized carbons (Fsp3) is 0.250. The van der Waals surface area contributed by atoms with Crippen LogP contribution >= 0.6 is 0 Å². The van der Waals surface area contributed by atoms with Crippen LogP contribution < -0.4 is 5.56 Å². The van der Waals surface area contributed by atoms with Gasteiger partial charge in [0.1, 0.15) is 11.6 Å². The van der Waals surface area contributed by atoms with E-state index < -0.39 is 29.7 Å². The van der Waals surface area contributed by atoms with Gasteiger partial charge in [-0.2, -0.15) is 0 Å². The highest BCUT2D eigenvalue weighted by Crippen LogP contribution is 2.14. The third-order valence-electron chi connectivity index (χ3n) is 3.22. The van der Waals surface area contributed by atoms with Gasteiger partial charge in [-0.05, 0) is 25.1 Å². The lowest BCUT2D eigenvalue weighted by molar-refractivity contribution is 0.0518. The molecule has 1 aromatic heterocycles. The molecule has 2 rings (SSSR count). The van der Waals surface area contributed by atoms with E-state index in [9.17, 15) is 18.4 Å². The minimum atomic E-state index is -0.789. The number of rotatable bonds is 6. The molecule has 24 heavy (non-hydrogen) atoms. The van der Waals surface area contributed by atoms with E-state index in [1.165, 1.54) is 25.5 Å². The molecule has 0 aliphatic heterocycles. The molecule has 0 atom stereocenters. The molecular formula is C16H16F2N2O4. The summed E-state index contributed by atoms with van der Waals surface area (Å²) in [5.74, 6) is -2.33. The molecular weight excluding hydrogens is 322 g/mol. The van der Waals surface area contributed by atoms with E-state index in [1.807, 2.05) is 0 Å². The van der Waals surface area contributed by atoms with Gasteiger partial charge in [-0.1, -0.05) is 6.07 Å². The second kappa shape index (κ2) is 7.58. The molecule has 0 aliphatic carbocycles. The van der Waals surface area contributed by atoms with Gasteiger partial charge < -0.3 is 9.47 Å². The Labute approximate surface area is 136 Å².